The van der Waals surface area contributed by atoms with Crippen molar-refractivity contribution in [2.24, 2.45) is 5.92 Å². The Bertz CT molecular complexity index is 639. The van der Waals surface area contributed by atoms with Crippen molar-refractivity contribution in [3.63, 3.8) is 0 Å². The lowest BCUT2D eigenvalue weighted by atomic mass is 10.1. The number of nitrogens with zero attached hydrogens (tertiary/aromatic N) is 3. The molecule has 0 aliphatic carbocycles. The highest BCUT2D eigenvalue weighted by atomic mass is 16.2. The number of hydrogen-bond acceptors (Lipinski definition) is 4. The molecule has 0 aliphatic rings. The van der Waals surface area contributed by atoms with Crippen LogP contribution in [0.5, 0.6) is 0 Å². The Morgan fingerprint density at radius 1 is 1.04 bits per heavy atom. The third-order valence-electron chi connectivity index (χ3n) is 3.84. The van der Waals surface area contributed by atoms with Gasteiger partial charge in [-0.05, 0) is 45.2 Å². The zero-order chi connectivity index (χ0) is 17.5. The summed E-state index contributed by atoms with van der Waals surface area (Å²) in [5.74, 6) is 0.0144. The Kier molecular flexibility index (Phi) is 6.44. The van der Waals surface area contributed by atoms with Crippen LogP contribution in [0, 0.1) is 19.8 Å². The molecule has 1 N–H and O–H groups in total. The van der Waals surface area contributed by atoms with E-state index in [-0.39, 0.29) is 11.8 Å². The van der Waals surface area contributed by atoms with Gasteiger partial charge in [0.05, 0.1) is 24.5 Å². The number of amides is 1. The van der Waals surface area contributed by atoms with Gasteiger partial charge in [-0.25, -0.2) is 0 Å². The first kappa shape index (κ1) is 18.1. The molecule has 0 spiro atoms. The molecular weight excluding hydrogens is 300 g/mol. The first-order valence-electron chi connectivity index (χ1n) is 8.28. The standard InChI is InChI=1S/C19H26N4O/c1-14(11-20-4)19(24)23(12-17-9-5-7-15(2)21-17)13-18-10-6-8-16(3)22-18/h5-10,14,20H,11-13H2,1-4H3. The maximum absolute atomic E-state index is 12.8. The first-order chi connectivity index (χ1) is 11.5. The van der Waals surface area contributed by atoms with Crippen LogP contribution >= 0.6 is 0 Å². The van der Waals surface area contributed by atoms with Gasteiger partial charge >= 0.3 is 0 Å². The highest BCUT2D eigenvalue weighted by molar-refractivity contribution is 5.78. The number of pyridine rings is 2. The van der Waals surface area contributed by atoms with Crippen molar-refractivity contribution >= 4 is 5.91 Å². The molecular formula is C19H26N4O. The van der Waals surface area contributed by atoms with Crippen LogP contribution in [0.3, 0.4) is 0 Å². The second-order valence-electron chi connectivity index (χ2n) is 6.19. The number of hydrogen-bond donors (Lipinski definition) is 1. The van der Waals surface area contributed by atoms with E-state index < -0.39 is 0 Å². The van der Waals surface area contributed by atoms with Crippen molar-refractivity contribution in [1.29, 1.82) is 0 Å². The molecule has 24 heavy (non-hydrogen) atoms. The number of aromatic nitrogens is 2. The number of carbonyl (C=O) groups is 1. The van der Waals surface area contributed by atoms with Crippen molar-refractivity contribution in [2.75, 3.05) is 13.6 Å². The Morgan fingerprint density at radius 3 is 1.96 bits per heavy atom. The van der Waals surface area contributed by atoms with Gasteiger partial charge in [-0.1, -0.05) is 19.1 Å². The summed E-state index contributed by atoms with van der Waals surface area (Å²) in [5.41, 5.74) is 3.70. The van der Waals surface area contributed by atoms with Crippen molar-refractivity contribution in [3.8, 4) is 0 Å². The molecule has 2 heterocycles. The second kappa shape index (κ2) is 8.55. The smallest absolute Gasteiger partial charge is 0.227 e. The van der Waals surface area contributed by atoms with E-state index in [1.165, 1.54) is 0 Å². The Hall–Kier alpha value is -2.27. The SMILES string of the molecule is CNCC(C)C(=O)N(Cc1cccc(C)n1)Cc1cccc(C)n1. The molecule has 2 rings (SSSR count). The Morgan fingerprint density at radius 2 is 1.54 bits per heavy atom. The molecule has 0 saturated heterocycles. The summed E-state index contributed by atoms with van der Waals surface area (Å²) in [7, 11) is 1.86. The van der Waals surface area contributed by atoms with Crippen LogP contribution in [0.1, 0.15) is 29.7 Å². The van der Waals surface area contributed by atoms with E-state index in [0.29, 0.717) is 19.6 Å². The molecule has 1 amide bonds. The van der Waals surface area contributed by atoms with E-state index >= 15 is 0 Å². The van der Waals surface area contributed by atoms with Crippen molar-refractivity contribution in [3.05, 3.63) is 59.2 Å². The Balaban J connectivity index is 2.21. The van der Waals surface area contributed by atoms with Gasteiger partial charge in [-0.2, -0.15) is 0 Å². The van der Waals surface area contributed by atoms with Crippen LogP contribution in [-0.4, -0.2) is 34.4 Å². The maximum atomic E-state index is 12.8. The molecule has 1 unspecified atom stereocenters. The summed E-state index contributed by atoms with van der Waals surface area (Å²) in [6, 6.07) is 11.8. The summed E-state index contributed by atoms with van der Waals surface area (Å²) in [6.45, 7) is 7.49. The summed E-state index contributed by atoms with van der Waals surface area (Å²) in [4.78, 5) is 23.7. The maximum Gasteiger partial charge on any atom is 0.227 e. The molecule has 2 aromatic heterocycles. The van der Waals surface area contributed by atoms with Crippen molar-refractivity contribution < 1.29 is 4.79 Å². The van der Waals surface area contributed by atoms with Crippen LogP contribution in [0.2, 0.25) is 0 Å². The van der Waals surface area contributed by atoms with Crippen LogP contribution < -0.4 is 5.32 Å². The van der Waals surface area contributed by atoms with Crippen LogP contribution in [0.15, 0.2) is 36.4 Å². The fraction of sp³-hybridized carbons (Fsp3) is 0.421. The lowest BCUT2D eigenvalue weighted by molar-refractivity contribution is -0.136. The molecule has 5 nitrogen and oxygen atoms in total. The van der Waals surface area contributed by atoms with Crippen LogP contribution in [-0.2, 0) is 17.9 Å². The van der Waals surface area contributed by atoms with Crippen LogP contribution in [0.25, 0.3) is 0 Å². The zero-order valence-electron chi connectivity index (χ0n) is 14.9. The largest absolute Gasteiger partial charge is 0.331 e. The molecule has 0 aromatic carbocycles. The minimum Gasteiger partial charge on any atom is -0.331 e. The van der Waals surface area contributed by atoms with Gasteiger partial charge < -0.3 is 10.2 Å². The van der Waals surface area contributed by atoms with Crippen molar-refractivity contribution in [2.45, 2.75) is 33.9 Å². The van der Waals surface area contributed by atoms with Gasteiger partial charge in [0, 0.05) is 23.9 Å². The molecule has 0 aliphatic heterocycles. The predicted molar refractivity (Wildman–Crippen MR) is 95.3 cm³/mol. The minimum atomic E-state index is -0.0929. The van der Waals surface area contributed by atoms with E-state index in [1.807, 2.05) is 69.1 Å². The summed E-state index contributed by atoms with van der Waals surface area (Å²) in [5, 5.41) is 3.07. The Labute approximate surface area is 144 Å². The monoisotopic (exact) mass is 326 g/mol. The van der Waals surface area contributed by atoms with E-state index in [0.717, 1.165) is 22.8 Å². The summed E-state index contributed by atoms with van der Waals surface area (Å²) in [6.07, 6.45) is 0. The highest BCUT2D eigenvalue weighted by Crippen LogP contribution is 2.12. The average molecular weight is 326 g/mol. The topological polar surface area (TPSA) is 58.1 Å². The normalized spacial score (nSPS) is 12.0. The molecule has 128 valence electrons. The van der Waals surface area contributed by atoms with Gasteiger partial charge in [-0.15, -0.1) is 0 Å². The van der Waals surface area contributed by atoms with Gasteiger partial charge in [0.2, 0.25) is 5.91 Å². The van der Waals surface area contributed by atoms with Gasteiger partial charge in [0.1, 0.15) is 0 Å². The van der Waals surface area contributed by atoms with Crippen molar-refractivity contribution in [1.82, 2.24) is 20.2 Å². The highest BCUT2D eigenvalue weighted by Gasteiger charge is 2.21. The first-order valence-corrected chi connectivity index (χ1v) is 8.28. The number of rotatable bonds is 7. The average Bonchev–Trinajstić information content (AvgIpc) is 2.54. The second-order valence-corrected chi connectivity index (χ2v) is 6.19. The molecule has 0 fully saturated rings. The lowest BCUT2D eigenvalue weighted by Crippen LogP contribution is -2.38. The van der Waals surface area contributed by atoms with Crippen LogP contribution in [0.4, 0.5) is 0 Å². The van der Waals surface area contributed by atoms with E-state index in [9.17, 15) is 4.79 Å². The third kappa shape index (κ3) is 5.13. The lowest BCUT2D eigenvalue weighted by Gasteiger charge is -2.25. The number of nitrogens with one attached hydrogen (secondary N) is 1. The fourth-order valence-electron chi connectivity index (χ4n) is 2.68. The van der Waals surface area contributed by atoms with E-state index in [1.54, 1.807) is 0 Å². The zero-order valence-corrected chi connectivity index (χ0v) is 14.9. The minimum absolute atomic E-state index is 0.0929. The molecule has 0 saturated carbocycles. The predicted octanol–water partition coefficient (Wildman–Crippen LogP) is 2.48. The van der Waals surface area contributed by atoms with Gasteiger partial charge in [0.15, 0.2) is 0 Å². The quantitative estimate of drug-likeness (QED) is 0.849. The molecule has 5 heteroatoms. The third-order valence-corrected chi connectivity index (χ3v) is 3.84. The summed E-state index contributed by atoms with van der Waals surface area (Å²) >= 11 is 0. The molecule has 1 atom stereocenters. The van der Waals surface area contributed by atoms with E-state index in [2.05, 4.69) is 15.3 Å². The molecule has 0 radical (unpaired) electrons. The summed E-state index contributed by atoms with van der Waals surface area (Å²) < 4.78 is 0. The van der Waals surface area contributed by atoms with Gasteiger partial charge in [0.25, 0.3) is 0 Å². The number of carbonyl (C=O) groups excluding carboxylic acids is 1. The molecule has 2 aromatic rings. The number of aryl methyl sites for hydroxylation is 2. The van der Waals surface area contributed by atoms with Gasteiger partial charge in [-0.3, -0.25) is 14.8 Å². The molecule has 0 bridgehead atoms. The van der Waals surface area contributed by atoms with E-state index in [4.69, 9.17) is 0 Å². The fourth-order valence-corrected chi connectivity index (χ4v) is 2.68.